The molecule has 4 rings (SSSR count). The van der Waals surface area contributed by atoms with Crippen molar-refractivity contribution in [3.8, 4) is 0 Å². The Morgan fingerprint density at radius 3 is 1.19 bits per heavy atom. The molecule has 0 saturated carbocycles. The Labute approximate surface area is 221 Å². The van der Waals surface area contributed by atoms with Gasteiger partial charge in [0.1, 0.15) is 0 Å². The Hall–Kier alpha value is -3.78. The number of rotatable bonds is 8. The smallest absolute Gasteiger partial charge is 0.167 e. The fraction of sp³-hybridized carbons (Fsp3) is 0.257. The molecule has 0 amide bonds. The van der Waals surface area contributed by atoms with E-state index in [4.69, 9.17) is 0 Å². The molecule has 0 aliphatic rings. The maximum atomic E-state index is 12.8. The summed E-state index contributed by atoms with van der Waals surface area (Å²) in [6, 6.07) is 28.6. The number of carbonyl (C=O) groups excluding carboxylic acids is 2. The van der Waals surface area contributed by atoms with Gasteiger partial charge in [-0.2, -0.15) is 0 Å². The lowest BCUT2D eigenvalue weighted by molar-refractivity contribution is 0.0984. The van der Waals surface area contributed by atoms with Gasteiger partial charge in [-0.25, -0.2) is 0 Å². The number of ketones is 2. The molecule has 0 radical (unpaired) electrons. The van der Waals surface area contributed by atoms with Crippen LogP contribution in [0.25, 0.3) is 0 Å². The van der Waals surface area contributed by atoms with Gasteiger partial charge in [0, 0.05) is 29.4 Å². The van der Waals surface area contributed by atoms with E-state index < -0.39 is 0 Å². The van der Waals surface area contributed by atoms with Crippen LogP contribution in [0, 0.1) is 27.7 Å². The second-order valence-corrected chi connectivity index (χ2v) is 10.8. The lowest BCUT2D eigenvalue weighted by Gasteiger charge is -2.26. The summed E-state index contributed by atoms with van der Waals surface area (Å²) in [6.07, 6.45) is 0.791. The zero-order valence-electron chi connectivity index (χ0n) is 22.8. The first-order valence-electron chi connectivity index (χ1n) is 12.9. The van der Waals surface area contributed by atoms with Gasteiger partial charge >= 0.3 is 0 Å². The highest BCUT2D eigenvalue weighted by atomic mass is 16.1. The van der Waals surface area contributed by atoms with E-state index in [1.807, 2.05) is 50.2 Å². The summed E-state index contributed by atoms with van der Waals surface area (Å²) >= 11 is 0. The Bertz CT molecular complexity index is 1330. The summed E-state index contributed by atoms with van der Waals surface area (Å²) in [5, 5.41) is 0. The molecular weight excluding hydrogens is 452 g/mol. The maximum absolute atomic E-state index is 12.8. The maximum Gasteiger partial charge on any atom is 0.167 e. The van der Waals surface area contributed by atoms with Crippen LogP contribution in [0.3, 0.4) is 0 Å². The molecule has 4 aromatic carbocycles. The third-order valence-electron chi connectivity index (χ3n) is 7.74. The molecular formula is C35H36O2. The van der Waals surface area contributed by atoms with E-state index in [9.17, 15) is 9.59 Å². The van der Waals surface area contributed by atoms with Crippen molar-refractivity contribution in [2.75, 3.05) is 0 Å². The van der Waals surface area contributed by atoms with E-state index in [0.717, 1.165) is 33.4 Å². The normalized spacial score (nSPS) is 11.4. The van der Waals surface area contributed by atoms with E-state index in [-0.39, 0.29) is 17.0 Å². The number of carbonyl (C=O) groups is 2. The molecule has 0 N–H and O–H groups in total. The molecule has 0 heterocycles. The van der Waals surface area contributed by atoms with Crippen molar-refractivity contribution >= 4 is 11.6 Å². The lowest BCUT2D eigenvalue weighted by atomic mass is 9.77. The molecule has 0 atom stereocenters. The van der Waals surface area contributed by atoms with Crippen LogP contribution in [0.1, 0.15) is 79.1 Å². The summed E-state index contributed by atoms with van der Waals surface area (Å²) in [5.41, 5.74) is 10.4. The first-order valence-corrected chi connectivity index (χ1v) is 12.9. The largest absolute Gasteiger partial charge is 0.294 e. The van der Waals surface area contributed by atoms with Gasteiger partial charge in [-0.05, 0) is 84.3 Å². The van der Waals surface area contributed by atoms with Gasteiger partial charge < -0.3 is 0 Å². The zero-order chi connectivity index (χ0) is 26.7. The summed E-state index contributed by atoms with van der Waals surface area (Å²) in [4.78, 5) is 25.6. The van der Waals surface area contributed by atoms with Crippen LogP contribution < -0.4 is 0 Å². The average Bonchev–Trinajstić information content (AvgIpc) is 2.88. The van der Waals surface area contributed by atoms with Gasteiger partial charge in [-0.3, -0.25) is 9.59 Å². The minimum atomic E-state index is -0.201. The van der Waals surface area contributed by atoms with Gasteiger partial charge in [-0.1, -0.05) is 86.6 Å². The third-order valence-corrected chi connectivity index (χ3v) is 7.74. The van der Waals surface area contributed by atoms with E-state index in [1.165, 1.54) is 22.3 Å². The Kier molecular flexibility index (Phi) is 7.59. The molecule has 0 unspecified atom stereocenters. The second kappa shape index (κ2) is 10.7. The molecule has 2 heteroatoms. The van der Waals surface area contributed by atoms with Crippen molar-refractivity contribution in [1.82, 2.24) is 0 Å². The summed E-state index contributed by atoms with van der Waals surface area (Å²) in [5.74, 6) is 0.280. The molecule has 188 valence electrons. The van der Waals surface area contributed by atoms with E-state index >= 15 is 0 Å². The van der Waals surface area contributed by atoms with Crippen molar-refractivity contribution in [2.24, 2.45) is 0 Å². The first-order chi connectivity index (χ1) is 17.5. The molecule has 37 heavy (non-hydrogen) atoms. The number of aryl methyl sites for hydroxylation is 4. The number of Topliss-reactive ketones (excluding diaryl/α,β-unsaturated/α-hetero) is 2. The topological polar surface area (TPSA) is 34.1 Å². The predicted molar refractivity (Wildman–Crippen MR) is 153 cm³/mol. The van der Waals surface area contributed by atoms with Gasteiger partial charge in [0.15, 0.2) is 11.6 Å². The monoisotopic (exact) mass is 488 g/mol. The average molecular weight is 489 g/mol. The fourth-order valence-corrected chi connectivity index (χ4v) is 4.65. The van der Waals surface area contributed by atoms with E-state index in [2.05, 4.69) is 76.2 Å². The highest BCUT2D eigenvalue weighted by Gasteiger charge is 2.23. The molecule has 4 aromatic rings. The molecule has 0 spiro atoms. The van der Waals surface area contributed by atoms with Crippen molar-refractivity contribution in [2.45, 2.75) is 59.8 Å². The zero-order valence-corrected chi connectivity index (χ0v) is 22.8. The Balaban J connectivity index is 1.43. The van der Waals surface area contributed by atoms with E-state index in [1.54, 1.807) is 0 Å². The van der Waals surface area contributed by atoms with Crippen molar-refractivity contribution in [3.63, 3.8) is 0 Å². The van der Waals surface area contributed by atoms with Crippen molar-refractivity contribution in [1.29, 1.82) is 0 Å². The first kappa shape index (κ1) is 26.3. The summed E-state index contributed by atoms with van der Waals surface area (Å²) in [6.45, 7) is 12.6. The van der Waals surface area contributed by atoms with E-state index in [0.29, 0.717) is 12.8 Å². The van der Waals surface area contributed by atoms with Crippen LogP contribution in [-0.2, 0) is 18.3 Å². The Morgan fingerprint density at radius 1 is 0.514 bits per heavy atom. The fourth-order valence-electron chi connectivity index (χ4n) is 4.65. The number of benzene rings is 4. The van der Waals surface area contributed by atoms with Crippen LogP contribution in [-0.4, -0.2) is 11.6 Å². The quantitative estimate of drug-likeness (QED) is 0.235. The molecule has 0 bridgehead atoms. The van der Waals surface area contributed by atoms with Gasteiger partial charge in [0.25, 0.3) is 0 Å². The van der Waals surface area contributed by atoms with Crippen LogP contribution in [0.2, 0.25) is 0 Å². The minimum Gasteiger partial charge on any atom is -0.294 e. The van der Waals surface area contributed by atoms with Crippen molar-refractivity contribution < 1.29 is 9.59 Å². The standard InChI is InChI=1S/C35H36O2/c1-23-7-13-29(19-25(23)3)33(36)21-27-9-15-31(16-10-27)35(5,6)32-17-11-28(12-18-32)22-34(37)30-14-8-24(2)26(4)20-30/h7-20H,21-22H2,1-6H3. The minimum absolute atomic E-state index is 0.140. The lowest BCUT2D eigenvalue weighted by Crippen LogP contribution is -2.19. The molecule has 0 aromatic heterocycles. The van der Waals surface area contributed by atoms with Crippen LogP contribution in [0.4, 0.5) is 0 Å². The van der Waals surface area contributed by atoms with Crippen LogP contribution in [0.5, 0.6) is 0 Å². The van der Waals surface area contributed by atoms with Crippen molar-refractivity contribution in [3.05, 3.63) is 141 Å². The van der Waals surface area contributed by atoms with Crippen LogP contribution >= 0.6 is 0 Å². The van der Waals surface area contributed by atoms with Gasteiger partial charge in [0.2, 0.25) is 0 Å². The van der Waals surface area contributed by atoms with Gasteiger partial charge in [0.05, 0.1) is 0 Å². The highest BCUT2D eigenvalue weighted by Crippen LogP contribution is 2.32. The molecule has 0 aliphatic heterocycles. The Morgan fingerprint density at radius 2 is 0.865 bits per heavy atom. The van der Waals surface area contributed by atoms with Crippen LogP contribution in [0.15, 0.2) is 84.9 Å². The molecule has 0 saturated heterocycles. The number of hydrogen-bond donors (Lipinski definition) is 0. The van der Waals surface area contributed by atoms with Gasteiger partial charge in [-0.15, -0.1) is 0 Å². The second-order valence-electron chi connectivity index (χ2n) is 10.8. The summed E-state index contributed by atoms with van der Waals surface area (Å²) < 4.78 is 0. The molecule has 0 fully saturated rings. The third kappa shape index (κ3) is 5.97. The number of hydrogen-bond acceptors (Lipinski definition) is 2. The molecule has 2 nitrogen and oxygen atoms in total. The predicted octanol–water partition coefficient (Wildman–Crippen LogP) is 8.10. The highest BCUT2D eigenvalue weighted by molar-refractivity contribution is 5.98. The SMILES string of the molecule is Cc1ccc(C(=O)Cc2ccc(C(C)(C)c3ccc(CC(=O)c4ccc(C)c(C)c4)cc3)cc2)cc1C. The molecule has 0 aliphatic carbocycles. The summed E-state index contributed by atoms with van der Waals surface area (Å²) in [7, 11) is 0.